The number of nitrogens with one attached hydrogen (secondary N) is 1. The molecule has 1 N–H and O–H groups in total. The molecule has 0 radical (unpaired) electrons. The number of hydrogen-bond donors (Lipinski definition) is 1. The van der Waals surface area contributed by atoms with E-state index in [0.717, 1.165) is 0 Å². The summed E-state index contributed by atoms with van der Waals surface area (Å²) < 4.78 is 4.42. The number of aldehydes is 1. The molecular formula is C7H11NO3. The summed E-state index contributed by atoms with van der Waals surface area (Å²) in [6.45, 7) is 1.64. The molecule has 0 aromatic rings. The average Bonchev–Trinajstić information content (AvgIpc) is 2.03. The van der Waals surface area contributed by atoms with Crippen LogP contribution in [0.4, 0.5) is 0 Å². The van der Waals surface area contributed by atoms with E-state index in [1.807, 2.05) is 0 Å². The summed E-state index contributed by atoms with van der Waals surface area (Å²) in [5, 5.41) is 2.65. The summed E-state index contributed by atoms with van der Waals surface area (Å²) in [4.78, 5) is 20.5. The largest absolute Gasteiger partial charge is 0.467 e. The van der Waals surface area contributed by atoms with Crippen molar-refractivity contribution in [2.45, 2.75) is 13.0 Å². The van der Waals surface area contributed by atoms with E-state index < -0.39 is 6.04 Å². The Balaban J connectivity index is 3.68. The highest BCUT2D eigenvalue weighted by Crippen LogP contribution is 1.84. The Morgan fingerprint density at radius 2 is 2.27 bits per heavy atom. The molecule has 0 aromatic heterocycles. The molecule has 0 bridgehead atoms. The molecule has 0 aromatic carbocycles. The molecule has 0 fully saturated rings. The van der Waals surface area contributed by atoms with Gasteiger partial charge in [0.2, 0.25) is 0 Å². The molecule has 0 saturated heterocycles. The predicted octanol–water partition coefficient (Wildman–Crippen LogP) is -0.150. The number of carbonyl (C=O) groups is 2. The van der Waals surface area contributed by atoms with Crippen LogP contribution in [-0.4, -0.2) is 25.4 Å². The summed E-state index contributed by atoms with van der Waals surface area (Å²) in [7, 11) is 1.31. The number of carbonyl (C=O) groups excluding carboxylic acids is 2. The van der Waals surface area contributed by atoms with Crippen molar-refractivity contribution in [1.82, 2.24) is 5.32 Å². The zero-order valence-electron chi connectivity index (χ0n) is 6.53. The van der Waals surface area contributed by atoms with Gasteiger partial charge < -0.3 is 10.1 Å². The van der Waals surface area contributed by atoms with E-state index in [-0.39, 0.29) is 5.97 Å². The van der Waals surface area contributed by atoms with Gasteiger partial charge in [-0.15, -0.1) is 0 Å². The number of ether oxygens (including phenoxy) is 1. The van der Waals surface area contributed by atoms with Crippen LogP contribution in [0.1, 0.15) is 6.92 Å². The fourth-order valence-electron chi connectivity index (χ4n) is 0.484. The molecule has 0 spiro atoms. The first-order chi connectivity index (χ1) is 5.22. The van der Waals surface area contributed by atoms with Crippen molar-refractivity contribution < 1.29 is 14.3 Å². The second-order valence-corrected chi connectivity index (χ2v) is 1.91. The minimum atomic E-state index is -0.420. The Labute approximate surface area is 65.2 Å². The van der Waals surface area contributed by atoms with Crippen LogP contribution in [0.25, 0.3) is 0 Å². The van der Waals surface area contributed by atoms with Crippen molar-refractivity contribution >= 4 is 12.3 Å². The quantitative estimate of drug-likeness (QED) is 0.350. The Kier molecular flexibility index (Phi) is 4.81. The van der Waals surface area contributed by atoms with E-state index >= 15 is 0 Å². The highest BCUT2D eigenvalue weighted by atomic mass is 16.5. The van der Waals surface area contributed by atoms with Crippen molar-refractivity contribution in [1.29, 1.82) is 0 Å². The Bertz CT molecular complexity index is 165. The van der Waals surface area contributed by atoms with E-state index in [0.29, 0.717) is 6.29 Å². The molecular weight excluding hydrogens is 146 g/mol. The van der Waals surface area contributed by atoms with Gasteiger partial charge in [0.15, 0.2) is 0 Å². The Morgan fingerprint density at radius 1 is 1.64 bits per heavy atom. The van der Waals surface area contributed by atoms with Crippen LogP contribution in [0, 0.1) is 0 Å². The number of allylic oxidation sites excluding steroid dienone is 1. The third kappa shape index (κ3) is 4.13. The Hall–Kier alpha value is -1.32. The van der Waals surface area contributed by atoms with Crippen LogP contribution in [-0.2, 0) is 14.3 Å². The molecule has 1 atom stereocenters. The van der Waals surface area contributed by atoms with E-state index in [1.165, 1.54) is 19.4 Å². The molecule has 4 heteroatoms. The first kappa shape index (κ1) is 9.68. The van der Waals surface area contributed by atoms with Gasteiger partial charge in [-0.05, 0) is 13.0 Å². The summed E-state index contributed by atoms with van der Waals surface area (Å²) in [6, 6.07) is -0.420. The molecule has 0 heterocycles. The van der Waals surface area contributed by atoms with Gasteiger partial charge in [0, 0.05) is 6.20 Å². The second-order valence-electron chi connectivity index (χ2n) is 1.91. The summed E-state index contributed by atoms with van der Waals surface area (Å²) in [5.74, 6) is -0.361. The average molecular weight is 157 g/mol. The van der Waals surface area contributed by atoms with Crippen molar-refractivity contribution in [2.24, 2.45) is 0 Å². The molecule has 62 valence electrons. The second kappa shape index (κ2) is 5.46. The lowest BCUT2D eigenvalue weighted by atomic mass is 10.3. The maximum atomic E-state index is 10.7. The number of rotatable bonds is 4. The van der Waals surface area contributed by atoms with Gasteiger partial charge in [0.05, 0.1) is 7.11 Å². The van der Waals surface area contributed by atoms with Crippen LogP contribution in [0.5, 0.6) is 0 Å². The maximum absolute atomic E-state index is 10.7. The summed E-state index contributed by atoms with van der Waals surface area (Å²) in [6.07, 6.45) is 3.28. The zero-order valence-corrected chi connectivity index (χ0v) is 6.53. The zero-order chi connectivity index (χ0) is 8.69. The SMILES string of the molecule is COC(=O)[C@H](C)NC=CC=O. The topological polar surface area (TPSA) is 55.4 Å². The first-order valence-corrected chi connectivity index (χ1v) is 3.16. The van der Waals surface area contributed by atoms with Gasteiger partial charge in [-0.2, -0.15) is 0 Å². The third-order valence-corrected chi connectivity index (χ3v) is 1.08. The van der Waals surface area contributed by atoms with Crippen molar-refractivity contribution in [3.63, 3.8) is 0 Å². The lowest BCUT2D eigenvalue weighted by Crippen LogP contribution is -2.30. The third-order valence-electron chi connectivity index (χ3n) is 1.08. The van der Waals surface area contributed by atoms with Crippen LogP contribution < -0.4 is 5.32 Å². The summed E-state index contributed by atoms with van der Waals surface area (Å²) in [5.41, 5.74) is 0. The minimum absolute atomic E-state index is 0.361. The molecule has 0 aliphatic heterocycles. The van der Waals surface area contributed by atoms with Gasteiger partial charge in [-0.1, -0.05) is 0 Å². The van der Waals surface area contributed by atoms with Crippen LogP contribution in [0.2, 0.25) is 0 Å². The number of methoxy groups -OCH3 is 1. The van der Waals surface area contributed by atoms with E-state index in [4.69, 9.17) is 0 Å². The molecule has 0 rings (SSSR count). The predicted molar refractivity (Wildman–Crippen MR) is 39.8 cm³/mol. The fraction of sp³-hybridized carbons (Fsp3) is 0.429. The monoisotopic (exact) mass is 157 g/mol. The van der Waals surface area contributed by atoms with Crippen molar-refractivity contribution in [2.75, 3.05) is 7.11 Å². The smallest absolute Gasteiger partial charge is 0.327 e. The van der Waals surface area contributed by atoms with Crippen LogP contribution >= 0.6 is 0 Å². The van der Waals surface area contributed by atoms with Gasteiger partial charge in [0.25, 0.3) is 0 Å². The van der Waals surface area contributed by atoms with E-state index in [1.54, 1.807) is 6.92 Å². The minimum Gasteiger partial charge on any atom is -0.467 e. The van der Waals surface area contributed by atoms with Crippen molar-refractivity contribution in [3.05, 3.63) is 12.3 Å². The highest BCUT2D eigenvalue weighted by molar-refractivity contribution is 5.75. The fourth-order valence-corrected chi connectivity index (χ4v) is 0.484. The molecule has 0 aliphatic carbocycles. The normalized spacial score (nSPS) is 12.5. The van der Waals surface area contributed by atoms with Gasteiger partial charge in [-0.3, -0.25) is 4.79 Å². The van der Waals surface area contributed by atoms with Gasteiger partial charge >= 0.3 is 5.97 Å². The first-order valence-electron chi connectivity index (χ1n) is 3.16. The number of esters is 1. The summed E-state index contributed by atoms with van der Waals surface area (Å²) >= 11 is 0. The van der Waals surface area contributed by atoms with Gasteiger partial charge in [-0.25, -0.2) is 4.79 Å². The maximum Gasteiger partial charge on any atom is 0.327 e. The van der Waals surface area contributed by atoms with Gasteiger partial charge in [0.1, 0.15) is 12.3 Å². The molecule has 0 saturated carbocycles. The number of hydrogen-bond acceptors (Lipinski definition) is 4. The molecule has 4 nitrogen and oxygen atoms in total. The van der Waals surface area contributed by atoms with Crippen molar-refractivity contribution in [3.8, 4) is 0 Å². The highest BCUT2D eigenvalue weighted by Gasteiger charge is 2.08. The lowest BCUT2D eigenvalue weighted by Gasteiger charge is -2.07. The van der Waals surface area contributed by atoms with E-state index in [2.05, 4.69) is 10.1 Å². The molecule has 0 unspecified atom stereocenters. The van der Waals surface area contributed by atoms with E-state index in [9.17, 15) is 9.59 Å². The standard InChI is InChI=1S/C7H11NO3/c1-6(7(10)11-2)8-4-3-5-9/h3-6,8H,1-2H3/t6-/m0/s1. The Morgan fingerprint density at radius 3 is 2.73 bits per heavy atom. The molecule has 11 heavy (non-hydrogen) atoms. The molecule has 0 aliphatic rings. The van der Waals surface area contributed by atoms with Crippen LogP contribution in [0.15, 0.2) is 12.3 Å². The molecule has 0 amide bonds. The lowest BCUT2D eigenvalue weighted by molar-refractivity contribution is -0.142. The van der Waals surface area contributed by atoms with Crippen LogP contribution in [0.3, 0.4) is 0 Å².